The van der Waals surface area contributed by atoms with E-state index in [0.29, 0.717) is 6.42 Å². The summed E-state index contributed by atoms with van der Waals surface area (Å²) in [4.78, 5) is 30.7. The Morgan fingerprint density at radius 1 is 1.33 bits per heavy atom. The van der Waals surface area contributed by atoms with Crippen LogP contribution in [0.5, 0.6) is 5.75 Å². The van der Waals surface area contributed by atoms with Crippen molar-refractivity contribution in [3.05, 3.63) is 29.8 Å². The first kappa shape index (κ1) is 14.6. The number of carbonyl (C=O) groups is 2. The van der Waals surface area contributed by atoms with Crippen LogP contribution in [-0.2, 0) is 20.6 Å². The molecule has 5 nitrogen and oxygen atoms in total. The van der Waals surface area contributed by atoms with Crippen LogP contribution >= 0.6 is 7.60 Å². The summed E-state index contributed by atoms with van der Waals surface area (Å²) >= 11 is 0. The lowest BCUT2D eigenvalue weighted by Gasteiger charge is -2.17. The molecule has 18 heavy (non-hydrogen) atoms. The Labute approximate surface area is 105 Å². The first-order chi connectivity index (χ1) is 8.55. The predicted molar refractivity (Wildman–Crippen MR) is 66.8 cm³/mol. The maximum Gasteiger partial charge on any atom is 0.393 e. The van der Waals surface area contributed by atoms with Crippen LogP contribution < -0.4 is 4.52 Å². The molecule has 0 saturated heterocycles. The number of rotatable bonds is 7. The summed E-state index contributed by atoms with van der Waals surface area (Å²) in [6.45, 7) is 1.97. The molecule has 0 aliphatic carbocycles. The van der Waals surface area contributed by atoms with Gasteiger partial charge in [0.1, 0.15) is 18.3 Å². The maximum absolute atomic E-state index is 11.8. The molecule has 0 amide bonds. The van der Waals surface area contributed by atoms with E-state index in [4.69, 9.17) is 4.52 Å². The lowest BCUT2D eigenvalue weighted by molar-refractivity contribution is -0.114. The van der Waals surface area contributed by atoms with Gasteiger partial charge in [0.05, 0.1) is 0 Å². The minimum absolute atomic E-state index is 0.121. The summed E-state index contributed by atoms with van der Waals surface area (Å²) in [5.41, 5.74) is -0.878. The minimum atomic E-state index is -4.31. The minimum Gasteiger partial charge on any atom is -0.423 e. The summed E-state index contributed by atoms with van der Waals surface area (Å²) in [5, 5.41) is 0. The van der Waals surface area contributed by atoms with Gasteiger partial charge in [-0.05, 0) is 18.1 Å². The normalized spacial score (nSPS) is 13.9. The SMILES string of the molecule is CCCc1ccccc1OP(=O)(O)C(C=O)C=O. The second-order valence-corrected chi connectivity index (χ2v) is 5.68. The highest BCUT2D eigenvalue weighted by Crippen LogP contribution is 2.47. The van der Waals surface area contributed by atoms with Crippen LogP contribution in [0.15, 0.2) is 24.3 Å². The average Bonchev–Trinajstić information content (AvgIpc) is 2.32. The molecule has 0 fully saturated rings. The highest BCUT2D eigenvalue weighted by atomic mass is 31.2. The van der Waals surface area contributed by atoms with Gasteiger partial charge in [0.25, 0.3) is 0 Å². The zero-order valence-electron chi connectivity index (χ0n) is 9.98. The van der Waals surface area contributed by atoms with E-state index in [2.05, 4.69) is 0 Å². The molecule has 1 aromatic rings. The van der Waals surface area contributed by atoms with Gasteiger partial charge < -0.3 is 19.0 Å². The molecular formula is C12H15O5P. The van der Waals surface area contributed by atoms with Gasteiger partial charge in [-0.2, -0.15) is 0 Å². The van der Waals surface area contributed by atoms with E-state index >= 15 is 0 Å². The van der Waals surface area contributed by atoms with Gasteiger partial charge in [-0.15, -0.1) is 0 Å². The molecular weight excluding hydrogens is 255 g/mol. The van der Waals surface area contributed by atoms with E-state index in [1.807, 2.05) is 6.92 Å². The van der Waals surface area contributed by atoms with E-state index in [1.165, 1.54) is 0 Å². The first-order valence-electron chi connectivity index (χ1n) is 5.55. The number of aryl methyl sites for hydroxylation is 1. The summed E-state index contributed by atoms with van der Waals surface area (Å²) in [6, 6.07) is 6.76. The van der Waals surface area contributed by atoms with Crippen LogP contribution in [0, 0.1) is 0 Å². The van der Waals surface area contributed by atoms with Gasteiger partial charge in [0.2, 0.25) is 0 Å². The fourth-order valence-corrected chi connectivity index (χ4v) is 2.35. The van der Waals surface area contributed by atoms with Crippen LogP contribution in [0.4, 0.5) is 0 Å². The monoisotopic (exact) mass is 270 g/mol. The van der Waals surface area contributed by atoms with Crippen molar-refractivity contribution in [1.82, 2.24) is 0 Å². The molecule has 1 atom stereocenters. The number of hydrogen-bond acceptors (Lipinski definition) is 4. The fourth-order valence-electron chi connectivity index (χ4n) is 1.46. The largest absolute Gasteiger partial charge is 0.423 e. The zero-order chi connectivity index (χ0) is 13.6. The lowest BCUT2D eigenvalue weighted by atomic mass is 10.1. The molecule has 1 unspecified atom stereocenters. The smallest absolute Gasteiger partial charge is 0.393 e. The molecule has 0 aliphatic rings. The topological polar surface area (TPSA) is 80.7 Å². The van der Waals surface area contributed by atoms with Gasteiger partial charge in [-0.3, -0.25) is 0 Å². The number of aldehydes is 2. The molecule has 1 rings (SSSR count). The van der Waals surface area contributed by atoms with Gasteiger partial charge in [-0.1, -0.05) is 31.5 Å². The molecule has 0 spiro atoms. The average molecular weight is 270 g/mol. The predicted octanol–water partition coefficient (Wildman–Crippen LogP) is 1.97. The fraction of sp³-hybridized carbons (Fsp3) is 0.333. The third-order valence-electron chi connectivity index (χ3n) is 2.38. The van der Waals surface area contributed by atoms with Gasteiger partial charge in [-0.25, -0.2) is 4.57 Å². The van der Waals surface area contributed by atoms with Crippen molar-refractivity contribution in [3.8, 4) is 5.75 Å². The van der Waals surface area contributed by atoms with Crippen LogP contribution in [-0.4, -0.2) is 23.1 Å². The summed E-state index contributed by atoms with van der Waals surface area (Å²) in [7, 11) is -4.31. The molecule has 0 radical (unpaired) electrons. The van der Waals surface area contributed by atoms with Crippen molar-refractivity contribution in [3.63, 3.8) is 0 Å². The number of para-hydroxylation sites is 1. The highest BCUT2D eigenvalue weighted by Gasteiger charge is 2.34. The van der Waals surface area contributed by atoms with Crippen LogP contribution in [0.3, 0.4) is 0 Å². The third-order valence-corrected chi connectivity index (χ3v) is 3.83. The molecule has 1 aromatic carbocycles. The van der Waals surface area contributed by atoms with E-state index in [-0.39, 0.29) is 18.3 Å². The molecule has 0 aromatic heterocycles. The summed E-state index contributed by atoms with van der Waals surface area (Å²) < 4.78 is 16.8. The molecule has 0 heterocycles. The van der Waals surface area contributed by atoms with E-state index in [9.17, 15) is 19.0 Å². The highest BCUT2D eigenvalue weighted by molar-refractivity contribution is 7.56. The molecule has 0 saturated carbocycles. The molecule has 0 bridgehead atoms. The lowest BCUT2D eigenvalue weighted by Crippen LogP contribution is -2.15. The van der Waals surface area contributed by atoms with E-state index in [1.54, 1.807) is 24.3 Å². The van der Waals surface area contributed by atoms with Crippen molar-refractivity contribution in [1.29, 1.82) is 0 Å². The molecule has 98 valence electrons. The second kappa shape index (κ2) is 6.47. The quantitative estimate of drug-likeness (QED) is 0.465. The maximum atomic E-state index is 11.8. The van der Waals surface area contributed by atoms with Gasteiger partial charge in [0.15, 0.2) is 5.66 Å². The van der Waals surface area contributed by atoms with Crippen molar-refractivity contribution in [2.45, 2.75) is 25.4 Å². The van der Waals surface area contributed by atoms with E-state index in [0.717, 1.165) is 12.0 Å². The van der Waals surface area contributed by atoms with Gasteiger partial charge >= 0.3 is 7.60 Å². The number of hydrogen-bond donors (Lipinski definition) is 1. The van der Waals surface area contributed by atoms with Crippen molar-refractivity contribution in [2.75, 3.05) is 0 Å². The van der Waals surface area contributed by atoms with Crippen LogP contribution in [0.25, 0.3) is 0 Å². The Bertz CT molecular complexity index is 463. The Morgan fingerprint density at radius 3 is 2.50 bits per heavy atom. The summed E-state index contributed by atoms with van der Waals surface area (Å²) in [5.74, 6) is 0.235. The number of benzene rings is 1. The number of carbonyl (C=O) groups excluding carboxylic acids is 2. The van der Waals surface area contributed by atoms with Crippen LogP contribution in [0.1, 0.15) is 18.9 Å². The standard InChI is InChI=1S/C12H15O5P/c1-2-5-10-6-3-4-7-12(10)17-18(15,16)11(8-13)9-14/h3-4,6-9,11H,2,5H2,1H3,(H,15,16). The zero-order valence-corrected chi connectivity index (χ0v) is 10.9. The molecule has 1 N–H and O–H groups in total. The van der Waals surface area contributed by atoms with E-state index < -0.39 is 13.3 Å². The third kappa shape index (κ3) is 3.52. The Morgan fingerprint density at radius 2 is 1.94 bits per heavy atom. The Balaban J connectivity index is 2.99. The van der Waals surface area contributed by atoms with Crippen LogP contribution in [0.2, 0.25) is 0 Å². The summed E-state index contributed by atoms with van der Waals surface area (Å²) in [6.07, 6.45) is 1.77. The Hall–Kier alpha value is -1.45. The molecule has 6 heteroatoms. The van der Waals surface area contributed by atoms with Crippen molar-refractivity contribution < 1.29 is 23.6 Å². The molecule has 0 aliphatic heterocycles. The first-order valence-corrected chi connectivity index (χ1v) is 7.20. The second-order valence-electron chi connectivity index (χ2n) is 3.78. The van der Waals surface area contributed by atoms with Crippen molar-refractivity contribution in [2.24, 2.45) is 0 Å². The van der Waals surface area contributed by atoms with Crippen molar-refractivity contribution >= 4 is 20.2 Å². The van der Waals surface area contributed by atoms with Gasteiger partial charge in [0, 0.05) is 0 Å². The Kier molecular flexibility index (Phi) is 5.25.